The second kappa shape index (κ2) is 10.2. The van der Waals surface area contributed by atoms with Crippen LogP contribution >= 0.6 is 0 Å². The molecule has 8 heteroatoms. The van der Waals surface area contributed by atoms with Crippen molar-refractivity contribution < 1.29 is 28.2 Å². The van der Waals surface area contributed by atoms with Crippen molar-refractivity contribution in [3.8, 4) is 17.2 Å². The number of hydrogen-bond donors (Lipinski definition) is 1. The zero-order valence-electron chi connectivity index (χ0n) is 17.6. The summed E-state index contributed by atoms with van der Waals surface area (Å²) in [6.45, 7) is -0.0597. The summed E-state index contributed by atoms with van der Waals surface area (Å²) in [4.78, 5) is 27.4. The Bertz CT molecular complexity index is 993. The van der Waals surface area contributed by atoms with E-state index in [1.165, 1.54) is 32.5 Å². The van der Waals surface area contributed by atoms with Gasteiger partial charge in [-0.15, -0.1) is 0 Å². The topological polar surface area (TPSA) is 90.2 Å². The number of hydrogen-bond acceptors (Lipinski definition) is 6. The van der Waals surface area contributed by atoms with Crippen LogP contribution in [0.5, 0.6) is 17.2 Å². The SMILES string of the molecule is COc1cc(C(=O)N(CC(=O)Nc2ccccc2)Cc2ccco2)cc(OC)c1OC. The first-order valence-corrected chi connectivity index (χ1v) is 9.52. The number of carbonyl (C=O) groups excluding carboxylic acids is 2. The molecule has 0 aliphatic carbocycles. The molecule has 0 aliphatic rings. The average molecular weight is 424 g/mol. The van der Waals surface area contributed by atoms with E-state index in [9.17, 15) is 9.59 Å². The number of rotatable bonds is 9. The summed E-state index contributed by atoms with van der Waals surface area (Å²) in [6, 6.07) is 15.6. The third-order valence-electron chi connectivity index (χ3n) is 4.52. The first-order valence-electron chi connectivity index (χ1n) is 9.52. The van der Waals surface area contributed by atoms with Crippen molar-refractivity contribution in [3.63, 3.8) is 0 Å². The Morgan fingerprint density at radius 2 is 1.61 bits per heavy atom. The van der Waals surface area contributed by atoms with Gasteiger partial charge >= 0.3 is 0 Å². The molecule has 0 spiro atoms. The average Bonchev–Trinajstić information content (AvgIpc) is 3.30. The maximum atomic E-state index is 13.3. The van der Waals surface area contributed by atoms with E-state index in [1.807, 2.05) is 18.2 Å². The quantitative estimate of drug-likeness (QED) is 0.565. The van der Waals surface area contributed by atoms with Crippen molar-refractivity contribution in [2.45, 2.75) is 6.54 Å². The van der Waals surface area contributed by atoms with E-state index in [-0.39, 0.29) is 30.5 Å². The Morgan fingerprint density at radius 3 is 2.16 bits per heavy atom. The van der Waals surface area contributed by atoms with Gasteiger partial charge in [-0.25, -0.2) is 0 Å². The molecule has 1 aromatic heterocycles. The van der Waals surface area contributed by atoms with Crippen LogP contribution in [0, 0.1) is 0 Å². The molecule has 0 bridgehead atoms. The van der Waals surface area contributed by atoms with E-state index in [4.69, 9.17) is 18.6 Å². The Balaban J connectivity index is 1.88. The predicted octanol–water partition coefficient (Wildman–Crippen LogP) is 3.59. The highest BCUT2D eigenvalue weighted by Gasteiger charge is 2.24. The predicted molar refractivity (Wildman–Crippen MR) is 115 cm³/mol. The van der Waals surface area contributed by atoms with Crippen molar-refractivity contribution in [2.75, 3.05) is 33.2 Å². The largest absolute Gasteiger partial charge is 0.493 e. The highest BCUT2D eigenvalue weighted by molar-refractivity contribution is 6.00. The number of anilines is 1. The van der Waals surface area contributed by atoms with Gasteiger partial charge in [-0.2, -0.15) is 0 Å². The lowest BCUT2D eigenvalue weighted by atomic mass is 10.1. The van der Waals surface area contributed by atoms with E-state index in [2.05, 4.69) is 5.32 Å². The normalized spacial score (nSPS) is 10.3. The van der Waals surface area contributed by atoms with Gasteiger partial charge in [0.2, 0.25) is 11.7 Å². The van der Waals surface area contributed by atoms with E-state index >= 15 is 0 Å². The maximum absolute atomic E-state index is 13.3. The van der Waals surface area contributed by atoms with Gasteiger partial charge in [-0.3, -0.25) is 9.59 Å². The fraction of sp³-hybridized carbons (Fsp3) is 0.217. The molecule has 162 valence electrons. The molecule has 3 rings (SSSR count). The van der Waals surface area contributed by atoms with Crippen molar-refractivity contribution in [2.24, 2.45) is 0 Å². The van der Waals surface area contributed by atoms with Crippen LogP contribution in [0.2, 0.25) is 0 Å². The van der Waals surface area contributed by atoms with Gasteiger partial charge in [0.05, 0.1) is 34.1 Å². The molecule has 2 aromatic carbocycles. The summed E-state index contributed by atoms with van der Waals surface area (Å²) in [5.41, 5.74) is 0.930. The summed E-state index contributed by atoms with van der Waals surface area (Å²) in [7, 11) is 4.43. The number of nitrogens with one attached hydrogen (secondary N) is 1. The lowest BCUT2D eigenvalue weighted by molar-refractivity contribution is -0.117. The van der Waals surface area contributed by atoms with Crippen LogP contribution in [-0.2, 0) is 11.3 Å². The lowest BCUT2D eigenvalue weighted by Gasteiger charge is -2.22. The summed E-state index contributed by atoms with van der Waals surface area (Å²) >= 11 is 0. The van der Waals surface area contributed by atoms with Gasteiger partial charge in [-0.1, -0.05) is 18.2 Å². The van der Waals surface area contributed by atoms with Crippen LogP contribution in [0.25, 0.3) is 0 Å². The highest BCUT2D eigenvalue weighted by Crippen LogP contribution is 2.38. The van der Waals surface area contributed by atoms with Crippen LogP contribution in [0.15, 0.2) is 65.3 Å². The monoisotopic (exact) mass is 424 g/mol. The number of benzene rings is 2. The molecule has 1 heterocycles. The Morgan fingerprint density at radius 1 is 0.935 bits per heavy atom. The Kier molecular flexibility index (Phi) is 7.16. The lowest BCUT2D eigenvalue weighted by Crippen LogP contribution is -2.37. The molecule has 1 N–H and O–H groups in total. The summed E-state index contributed by atoms with van der Waals surface area (Å²) in [6.07, 6.45) is 1.52. The smallest absolute Gasteiger partial charge is 0.255 e. The molecular weight excluding hydrogens is 400 g/mol. The molecule has 31 heavy (non-hydrogen) atoms. The first kappa shape index (κ1) is 21.8. The molecule has 0 saturated heterocycles. The Hall–Kier alpha value is -3.94. The van der Waals surface area contributed by atoms with Crippen LogP contribution < -0.4 is 19.5 Å². The van der Waals surface area contributed by atoms with Gasteiger partial charge in [0, 0.05) is 11.3 Å². The minimum atomic E-state index is -0.390. The maximum Gasteiger partial charge on any atom is 0.255 e. The number of para-hydroxylation sites is 1. The molecule has 0 atom stereocenters. The van der Waals surface area contributed by atoms with E-state index in [1.54, 1.807) is 36.4 Å². The summed E-state index contributed by atoms with van der Waals surface area (Å²) < 4.78 is 21.4. The van der Waals surface area contributed by atoms with E-state index in [0.717, 1.165) is 0 Å². The van der Waals surface area contributed by atoms with Crippen molar-refractivity contribution in [1.82, 2.24) is 4.90 Å². The van der Waals surface area contributed by atoms with Crippen molar-refractivity contribution in [1.29, 1.82) is 0 Å². The van der Waals surface area contributed by atoms with Crippen LogP contribution in [0.3, 0.4) is 0 Å². The second-order valence-corrected chi connectivity index (χ2v) is 6.57. The fourth-order valence-electron chi connectivity index (χ4n) is 3.07. The molecule has 0 saturated carbocycles. The highest BCUT2D eigenvalue weighted by atomic mass is 16.5. The molecule has 0 unspecified atom stereocenters. The minimum absolute atomic E-state index is 0.116. The first-order chi connectivity index (χ1) is 15.0. The summed E-state index contributed by atoms with van der Waals surface area (Å²) in [5, 5.41) is 2.79. The van der Waals surface area contributed by atoms with Crippen LogP contribution in [0.4, 0.5) is 5.69 Å². The minimum Gasteiger partial charge on any atom is -0.493 e. The van der Waals surface area contributed by atoms with Gasteiger partial charge in [-0.05, 0) is 36.4 Å². The standard InChI is InChI=1S/C23H24N2O6/c1-28-19-12-16(13-20(29-2)22(19)30-3)23(27)25(14-18-10-7-11-31-18)15-21(26)24-17-8-5-4-6-9-17/h4-13H,14-15H2,1-3H3,(H,24,26). The molecule has 0 fully saturated rings. The van der Waals surface area contributed by atoms with E-state index < -0.39 is 0 Å². The van der Waals surface area contributed by atoms with Gasteiger partial charge in [0.25, 0.3) is 5.91 Å². The second-order valence-electron chi connectivity index (χ2n) is 6.57. The number of nitrogens with zero attached hydrogens (tertiary/aromatic N) is 1. The van der Waals surface area contributed by atoms with Gasteiger partial charge < -0.3 is 28.8 Å². The number of carbonyl (C=O) groups is 2. The molecule has 3 aromatic rings. The number of amides is 2. The molecule has 0 radical (unpaired) electrons. The van der Waals surface area contributed by atoms with Gasteiger partial charge in [0.1, 0.15) is 12.3 Å². The third-order valence-corrected chi connectivity index (χ3v) is 4.52. The zero-order valence-corrected chi connectivity index (χ0v) is 17.6. The zero-order chi connectivity index (χ0) is 22.2. The number of furan rings is 1. The third kappa shape index (κ3) is 5.36. The number of ether oxygens (including phenoxy) is 3. The molecule has 8 nitrogen and oxygen atoms in total. The summed E-state index contributed by atoms with van der Waals surface area (Å²) in [5.74, 6) is 0.889. The van der Waals surface area contributed by atoms with Gasteiger partial charge in [0.15, 0.2) is 11.5 Å². The van der Waals surface area contributed by atoms with Crippen molar-refractivity contribution >= 4 is 17.5 Å². The molecular formula is C23H24N2O6. The van der Waals surface area contributed by atoms with Crippen molar-refractivity contribution in [3.05, 3.63) is 72.2 Å². The fourth-order valence-corrected chi connectivity index (χ4v) is 3.07. The molecule has 0 aliphatic heterocycles. The Labute approximate surface area is 180 Å². The van der Waals surface area contributed by atoms with E-state index in [0.29, 0.717) is 28.7 Å². The number of methoxy groups -OCH3 is 3. The van der Waals surface area contributed by atoms with Crippen LogP contribution in [-0.4, -0.2) is 44.6 Å². The molecule has 2 amide bonds. The van der Waals surface area contributed by atoms with Crippen LogP contribution in [0.1, 0.15) is 16.1 Å².